The molecular formula is C56H36N8. The summed E-state index contributed by atoms with van der Waals surface area (Å²) in [4.78, 5) is 36.5. The molecule has 1 aliphatic heterocycles. The van der Waals surface area contributed by atoms with Gasteiger partial charge in [-0.05, 0) is 97.1 Å². The predicted octanol–water partition coefficient (Wildman–Crippen LogP) is 8.49. The van der Waals surface area contributed by atoms with Crippen LogP contribution in [-0.2, 0) is 0 Å². The average molecular weight is 821 g/mol. The molecule has 0 saturated carbocycles. The molecule has 13 rings (SSSR count). The maximum Gasteiger partial charge on any atom is 0.0751 e. The highest BCUT2D eigenvalue weighted by Crippen LogP contribution is 2.29. The highest BCUT2D eigenvalue weighted by atomic mass is 14.8. The van der Waals surface area contributed by atoms with Gasteiger partial charge in [-0.25, -0.2) is 19.9 Å². The maximum atomic E-state index is 5.26. The summed E-state index contributed by atoms with van der Waals surface area (Å²) in [5.74, 6) is 0. The van der Waals surface area contributed by atoms with E-state index in [1.54, 1.807) is 0 Å². The molecule has 9 heterocycles. The van der Waals surface area contributed by atoms with E-state index in [-0.39, 0.29) is 0 Å². The van der Waals surface area contributed by atoms with Crippen molar-refractivity contribution in [3.05, 3.63) is 261 Å². The van der Waals surface area contributed by atoms with Crippen LogP contribution in [0, 0.1) is 0 Å². The zero-order valence-electron chi connectivity index (χ0n) is 34.3. The molecule has 4 aromatic carbocycles. The summed E-state index contributed by atoms with van der Waals surface area (Å²) in [5.41, 5.74) is 14.4. The maximum absolute atomic E-state index is 5.26. The van der Waals surface area contributed by atoms with Crippen LogP contribution in [-0.4, -0.2) is 39.9 Å². The van der Waals surface area contributed by atoms with E-state index in [2.05, 4.69) is 166 Å². The third-order valence-electron chi connectivity index (χ3n) is 12.3. The minimum Gasteiger partial charge on any atom is -0.354 e. The van der Waals surface area contributed by atoms with Crippen molar-refractivity contribution in [1.82, 2.24) is 39.9 Å². The SMILES string of the molecule is c1ccc2nc(C3=c4ccc([nH]4)=C(c4ccc5ccccc5n4)c4ccc([nH]4)C(c4ccc5ccccc5n4)=c4ccc([nH]4)=C(c4ccc5ccccc5n4)c4ccc3[nH]4)ccc2c1. The highest BCUT2D eigenvalue weighted by Gasteiger charge is 2.21. The molecule has 0 amide bonds. The van der Waals surface area contributed by atoms with E-state index in [4.69, 9.17) is 19.9 Å². The Hall–Kier alpha value is -8.88. The van der Waals surface area contributed by atoms with E-state index >= 15 is 0 Å². The summed E-state index contributed by atoms with van der Waals surface area (Å²) < 4.78 is 0. The lowest BCUT2D eigenvalue weighted by molar-refractivity contribution is 1.16. The first-order chi connectivity index (χ1) is 31.7. The molecule has 8 bridgehead atoms. The average Bonchev–Trinajstić information content (AvgIpc) is 4.20. The summed E-state index contributed by atoms with van der Waals surface area (Å²) in [6.45, 7) is 0. The van der Waals surface area contributed by atoms with Crippen molar-refractivity contribution >= 4 is 65.9 Å². The third kappa shape index (κ3) is 6.00. The highest BCUT2D eigenvalue weighted by molar-refractivity contribution is 5.89. The fraction of sp³-hybridized carbons (Fsp3) is 0. The van der Waals surface area contributed by atoms with Gasteiger partial charge in [0, 0.05) is 43.8 Å². The van der Waals surface area contributed by atoms with E-state index in [0.29, 0.717) is 0 Å². The molecule has 0 fully saturated rings. The summed E-state index contributed by atoms with van der Waals surface area (Å²) in [7, 11) is 0. The largest absolute Gasteiger partial charge is 0.354 e. The molecule has 1 aliphatic rings. The molecule has 0 unspecified atom stereocenters. The molecular weight excluding hydrogens is 785 g/mol. The van der Waals surface area contributed by atoms with E-state index < -0.39 is 0 Å². The van der Waals surface area contributed by atoms with Crippen molar-refractivity contribution in [3.63, 3.8) is 0 Å². The number of aromatic nitrogens is 8. The van der Waals surface area contributed by atoms with Gasteiger partial charge in [-0.3, -0.25) is 0 Å². The molecule has 8 heteroatoms. The van der Waals surface area contributed by atoms with Gasteiger partial charge in [0.2, 0.25) is 0 Å². The Kier molecular flexibility index (Phi) is 8.04. The fourth-order valence-corrected chi connectivity index (χ4v) is 9.25. The number of nitrogens with one attached hydrogen (secondary N) is 4. The Balaban J connectivity index is 1.16. The first-order valence-corrected chi connectivity index (χ1v) is 21.4. The number of fused-ring (bicyclic) bond motifs is 12. The minimum atomic E-state index is 0.837. The lowest BCUT2D eigenvalue weighted by Gasteiger charge is -2.10. The van der Waals surface area contributed by atoms with Crippen LogP contribution in [0.2, 0.25) is 0 Å². The van der Waals surface area contributed by atoms with Crippen molar-refractivity contribution in [3.8, 4) is 0 Å². The Labute approximate surface area is 365 Å². The normalized spacial score (nSPS) is 12.9. The number of H-pyrrole nitrogens is 4. The van der Waals surface area contributed by atoms with Crippen LogP contribution >= 0.6 is 0 Å². The van der Waals surface area contributed by atoms with E-state index in [1.165, 1.54) is 0 Å². The second-order valence-corrected chi connectivity index (χ2v) is 16.2. The van der Waals surface area contributed by atoms with Gasteiger partial charge in [0.25, 0.3) is 0 Å². The molecule has 0 saturated heterocycles. The first kappa shape index (κ1) is 35.8. The summed E-state index contributed by atoms with van der Waals surface area (Å²) >= 11 is 0. The topological polar surface area (TPSA) is 115 Å². The van der Waals surface area contributed by atoms with Gasteiger partial charge < -0.3 is 19.9 Å². The summed E-state index contributed by atoms with van der Waals surface area (Å²) in [6.07, 6.45) is 0. The van der Waals surface area contributed by atoms with Crippen LogP contribution in [0.5, 0.6) is 0 Å². The quantitative estimate of drug-likeness (QED) is 0.143. The smallest absolute Gasteiger partial charge is 0.0751 e. The van der Waals surface area contributed by atoms with Crippen LogP contribution in [0.15, 0.2) is 194 Å². The molecule has 8 aromatic heterocycles. The molecule has 0 radical (unpaired) electrons. The zero-order chi connectivity index (χ0) is 42.1. The number of hydrogen-bond donors (Lipinski definition) is 4. The standard InChI is InChI=1S/C56H36N8/c1-5-13-37-33(9-1)17-21-41(57-37)53-45-25-27-47(61-45)54(42-22-18-34-10-2-6-14-38(34)58-42)49-29-31-51(63-49)56(44-24-20-36-12-4-8-16-40(36)60-44)52-32-30-50(64-52)55(48-28-26-46(53)62-48)43-23-19-35-11-3-7-15-39(35)59-43/h1-32,61-64H. The summed E-state index contributed by atoms with van der Waals surface area (Å²) in [6, 6.07) is 67.1. The zero-order valence-corrected chi connectivity index (χ0v) is 34.3. The van der Waals surface area contributed by atoms with Crippen LogP contribution in [0.3, 0.4) is 0 Å². The molecule has 8 nitrogen and oxygen atoms in total. The number of para-hydroxylation sites is 4. The van der Waals surface area contributed by atoms with Crippen LogP contribution in [0.25, 0.3) is 65.9 Å². The molecule has 0 spiro atoms. The van der Waals surface area contributed by atoms with Gasteiger partial charge in [0.05, 0.1) is 89.0 Å². The van der Waals surface area contributed by atoms with E-state index in [1.807, 2.05) is 48.5 Å². The van der Waals surface area contributed by atoms with E-state index in [9.17, 15) is 0 Å². The van der Waals surface area contributed by atoms with Crippen molar-refractivity contribution in [2.45, 2.75) is 0 Å². The summed E-state index contributed by atoms with van der Waals surface area (Å²) in [5, 5.41) is 7.94. The number of aromatic amines is 4. The molecule has 0 atom stereocenters. The Morgan fingerprint density at radius 1 is 0.219 bits per heavy atom. The fourth-order valence-electron chi connectivity index (χ4n) is 9.25. The first-order valence-electron chi connectivity index (χ1n) is 21.4. The lowest BCUT2D eigenvalue weighted by Crippen LogP contribution is -2.19. The Morgan fingerprint density at radius 3 is 0.734 bits per heavy atom. The molecule has 300 valence electrons. The number of pyridine rings is 4. The monoisotopic (exact) mass is 820 g/mol. The second kappa shape index (κ2) is 14.4. The second-order valence-electron chi connectivity index (χ2n) is 16.2. The van der Waals surface area contributed by atoms with Crippen LogP contribution in [0.4, 0.5) is 0 Å². The van der Waals surface area contributed by atoms with Gasteiger partial charge in [-0.1, -0.05) is 97.1 Å². The number of rotatable bonds is 4. The van der Waals surface area contributed by atoms with Crippen LogP contribution in [0.1, 0.15) is 45.6 Å². The number of nitrogens with zero attached hydrogens (tertiary/aromatic N) is 4. The number of benzene rings is 4. The Bertz CT molecular complexity index is 3580. The van der Waals surface area contributed by atoms with Gasteiger partial charge in [0.15, 0.2) is 0 Å². The molecule has 4 N–H and O–H groups in total. The van der Waals surface area contributed by atoms with E-state index in [0.717, 1.165) is 133 Å². The van der Waals surface area contributed by atoms with Gasteiger partial charge in [-0.15, -0.1) is 0 Å². The van der Waals surface area contributed by atoms with Crippen molar-refractivity contribution < 1.29 is 0 Å². The Morgan fingerprint density at radius 2 is 0.469 bits per heavy atom. The predicted molar refractivity (Wildman–Crippen MR) is 255 cm³/mol. The lowest BCUT2D eigenvalue weighted by atomic mass is 10.1. The van der Waals surface area contributed by atoms with Crippen molar-refractivity contribution in [1.29, 1.82) is 0 Å². The van der Waals surface area contributed by atoms with Gasteiger partial charge in [-0.2, -0.15) is 0 Å². The molecule has 64 heavy (non-hydrogen) atoms. The van der Waals surface area contributed by atoms with Crippen molar-refractivity contribution in [2.24, 2.45) is 0 Å². The molecule has 12 aromatic rings. The molecule has 0 aliphatic carbocycles. The van der Waals surface area contributed by atoms with Crippen molar-refractivity contribution in [2.75, 3.05) is 0 Å². The van der Waals surface area contributed by atoms with Crippen LogP contribution < -0.4 is 21.4 Å². The number of hydrogen-bond acceptors (Lipinski definition) is 4. The van der Waals surface area contributed by atoms with Gasteiger partial charge in [0.1, 0.15) is 0 Å². The van der Waals surface area contributed by atoms with Gasteiger partial charge >= 0.3 is 0 Å². The third-order valence-corrected chi connectivity index (χ3v) is 12.3. The minimum absolute atomic E-state index is 0.837.